The highest BCUT2D eigenvalue weighted by atomic mass is 16.6. The van der Waals surface area contributed by atoms with Gasteiger partial charge in [-0.05, 0) is 71.8 Å². The monoisotopic (exact) mass is 573 g/mol. The average molecular weight is 574 g/mol. The maximum absolute atomic E-state index is 12.5. The lowest BCUT2D eigenvalue weighted by atomic mass is 9.83. The van der Waals surface area contributed by atoms with Crippen LogP contribution in [0.5, 0.6) is 0 Å². The predicted octanol–water partition coefficient (Wildman–Crippen LogP) is 3.97. The van der Waals surface area contributed by atoms with Gasteiger partial charge in [-0.15, -0.1) is 0 Å². The Balaban J connectivity index is 1.10. The van der Waals surface area contributed by atoms with E-state index in [9.17, 15) is 9.59 Å². The Morgan fingerprint density at radius 2 is 1.83 bits per heavy atom. The number of β-amino-alcohol motifs (C(OH)–C–C–N with tert-alkyl or cyclic N) is 1. The van der Waals surface area contributed by atoms with Crippen molar-refractivity contribution in [1.29, 1.82) is 0 Å². The molecule has 9 heteroatoms. The molecule has 0 radical (unpaired) electrons. The number of carbonyl (C=O) groups is 2. The number of nitrogens with one attached hydrogen (secondary N) is 1. The summed E-state index contributed by atoms with van der Waals surface area (Å²) in [6.07, 6.45) is 16.2. The third-order valence-corrected chi connectivity index (χ3v) is 8.74. The van der Waals surface area contributed by atoms with Crippen molar-refractivity contribution in [2.45, 2.75) is 102 Å². The molecular weight excluding hydrogens is 522 g/mol. The van der Waals surface area contributed by atoms with E-state index < -0.39 is 6.10 Å². The van der Waals surface area contributed by atoms with Crippen LogP contribution in [0.4, 0.5) is 4.79 Å². The number of nitrogens with zero attached hydrogens (tertiary/aromatic N) is 2. The number of epoxide rings is 1. The van der Waals surface area contributed by atoms with Crippen LogP contribution in [0.1, 0.15) is 72.6 Å². The van der Waals surface area contributed by atoms with Crippen LogP contribution < -0.4 is 5.32 Å². The second-order valence-electron chi connectivity index (χ2n) is 13.0. The van der Waals surface area contributed by atoms with Gasteiger partial charge in [0.05, 0.1) is 30.5 Å². The number of carbonyl (C=O) groups excluding carboxylic acids is 2. The lowest BCUT2D eigenvalue weighted by molar-refractivity contribution is -0.117. The number of allylic oxidation sites excluding steroid dienone is 3. The van der Waals surface area contributed by atoms with Crippen LogP contribution in [-0.4, -0.2) is 102 Å². The topological polar surface area (TPSA) is 104 Å². The zero-order chi connectivity index (χ0) is 29.5. The molecular formula is C32H51N3O6. The second kappa shape index (κ2) is 14.3. The van der Waals surface area contributed by atoms with Crippen molar-refractivity contribution >= 4 is 12.0 Å². The minimum Gasteiger partial charge on any atom is -0.442 e. The van der Waals surface area contributed by atoms with Gasteiger partial charge in [-0.25, -0.2) is 4.79 Å². The van der Waals surface area contributed by atoms with Crippen LogP contribution in [0.15, 0.2) is 36.0 Å². The van der Waals surface area contributed by atoms with E-state index in [1.165, 1.54) is 11.6 Å². The summed E-state index contributed by atoms with van der Waals surface area (Å²) in [6, 6.07) is 0.185. The highest BCUT2D eigenvalue weighted by Gasteiger charge is 2.53. The fourth-order valence-electron chi connectivity index (χ4n) is 6.40. The number of ether oxygens (including phenoxy) is 3. The summed E-state index contributed by atoms with van der Waals surface area (Å²) >= 11 is 0. The summed E-state index contributed by atoms with van der Waals surface area (Å²) in [6.45, 7) is 12.4. The van der Waals surface area contributed by atoms with Crippen molar-refractivity contribution in [3.8, 4) is 0 Å². The molecule has 2 amide bonds. The minimum absolute atomic E-state index is 0.0429. The number of amides is 2. The molecule has 1 aliphatic carbocycles. The van der Waals surface area contributed by atoms with Crippen molar-refractivity contribution in [3.63, 3.8) is 0 Å². The number of hydrogen-bond acceptors (Lipinski definition) is 7. The van der Waals surface area contributed by atoms with Gasteiger partial charge in [-0.1, -0.05) is 23.8 Å². The van der Waals surface area contributed by atoms with Gasteiger partial charge in [0.25, 0.3) is 0 Å². The summed E-state index contributed by atoms with van der Waals surface area (Å²) in [4.78, 5) is 28.7. The summed E-state index contributed by atoms with van der Waals surface area (Å²) < 4.78 is 17.5. The van der Waals surface area contributed by atoms with Gasteiger partial charge < -0.3 is 29.5 Å². The molecule has 1 spiro atoms. The van der Waals surface area contributed by atoms with E-state index in [4.69, 9.17) is 19.3 Å². The molecule has 3 atom stereocenters. The maximum Gasteiger partial charge on any atom is 0.410 e. The van der Waals surface area contributed by atoms with Crippen LogP contribution in [0.25, 0.3) is 0 Å². The van der Waals surface area contributed by atoms with Crippen LogP contribution in [-0.2, 0) is 19.0 Å². The van der Waals surface area contributed by atoms with Crippen molar-refractivity contribution in [3.05, 3.63) is 36.0 Å². The SMILES string of the molecule is CC(/C=C/[C@@H]1C[C@]2(CO2)CC(C)(C)O1)=C\CC1CCC(NC(=O)/C=C\[C@H](C)OC(=O)N2CCN(CCO)CC2)CC1. The fourth-order valence-corrected chi connectivity index (χ4v) is 6.40. The zero-order valence-electron chi connectivity index (χ0n) is 25.5. The van der Waals surface area contributed by atoms with E-state index in [0.717, 1.165) is 64.6 Å². The first-order valence-corrected chi connectivity index (χ1v) is 15.5. The summed E-state index contributed by atoms with van der Waals surface area (Å²) in [7, 11) is 0. The average Bonchev–Trinajstić information content (AvgIpc) is 3.67. The molecule has 4 aliphatic rings. The highest BCUT2D eigenvalue weighted by Crippen LogP contribution is 2.46. The molecule has 3 heterocycles. The molecule has 4 rings (SSSR count). The molecule has 1 saturated carbocycles. The van der Waals surface area contributed by atoms with Crippen LogP contribution >= 0.6 is 0 Å². The lowest BCUT2D eigenvalue weighted by Crippen LogP contribution is -2.49. The zero-order valence-corrected chi connectivity index (χ0v) is 25.5. The van der Waals surface area contributed by atoms with Gasteiger partial charge in [0, 0.05) is 57.7 Å². The maximum atomic E-state index is 12.5. The minimum atomic E-state index is -0.483. The van der Waals surface area contributed by atoms with Gasteiger partial charge >= 0.3 is 6.09 Å². The fraction of sp³-hybridized carbons (Fsp3) is 0.750. The largest absolute Gasteiger partial charge is 0.442 e. The van der Waals surface area contributed by atoms with E-state index in [0.29, 0.717) is 25.6 Å². The van der Waals surface area contributed by atoms with Gasteiger partial charge in [0.1, 0.15) is 6.10 Å². The Hall–Kier alpha value is -2.20. The number of rotatable bonds is 10. The lowest BCUT2D eigenvalue weighted by Gasteiger charge is -2.38. The van der Waals surface area contributed by atoms with Crippen molar-refractivity contribution in [2.75, 3.05) is 45.9 Å². The van der Waals surface area contributed by atoms with E-state index >= 15 is 0 Å². The van der Waals surface area contributed by atoms with E-state index in [1.807, 2.05) is 0 Å². The Kier molecular flexibility index (Phi) is 11.1. The van der Waals surface area contributed by atoms with Crippen molar-refractivity contribution in [2.24, 2.45) is 5.92 Å². The normalized spacial score (nSPS) is 31.5. The van der Waals surface area contributed by atoms with Crippen LogP contribution in [0.2, 0.25) is 0 Å². The van der Waals surface area contributed by atoms with Gasteiger partial charge in [-0.3, -0.25) is 9.69 Å². The van der Waals surface area contributed by atoms with E-state index in [2.05, 4.69) is 49.2 Å². The molecule has 4 fully saturated rings. The smallest absolute Gasteiger partial charge is 0.410 e. The predicted molar refractivity (Wildman–Crippen MR) is 158 cm³/mol. The first-order chi connectivity index (χ1) is 19.5. The molecule has 0 aromatic carbocycles. The Labute approximate surface area is 245 Å². The molecule has 0 aromatic rings. The summed E-state index contributed by atoms with van der Waals surface area (Å²) in [5, 5.41) is 12.2. The summed E-state index contributed by atoms with van der Waals surface area (Å²) in [5.74, 6) is 0.501. The number of piperazine rings is 1. The Bertz CT molecular complexity index is 966. The first-order valence-electron chi connectivity index (χ1n) is 15.5. The second-order valence-corrected chi connectivity index (χ2v) is 13.0. The molecule has 0 unspecified atom stereocenters. The van der Waals surface area contributed by atoms with Gasteiger partial charge in [0.2, 0.25) is 5.91 Å². The quantitative estimate of drug-likeness (QED) is 0.232. The van der Waals surface area contributed by atoms with Gasteiger partial charge in [0.15, 0.2) is 0 Å². The van der Waals surface area contributed by atoms with Crippen molar-refractivity contribution in [1.82, 2.24) is 15.1 Å². The van der Waals surface area contributed by atoms with Gasteiger partial charge in [-0.2, -0.15) is 0 Å². The number of aliphatic hydroxyl groups excluding tert-OH is 1. The molecule has 3 aliphatic heterocycles. The summed E-state index contributed by atoms with van der Waals surface area (Å²) in [5.41, 5.74) is 1.16. The van der Waals surface area contributed by atoms with Crippen LogP contribution in [0, 0.1) is 5.92 Å². The van der Waals surface area contributed by atoms with Crippen LogP contribution in [0.3, 0.4) is 0 Å². The molecule has 41 heavy (non-hydrogen) atoms. The van der Waals surface area contributed by atoms with E-state index in [-0.39, 0.29) is 42.0 Å². The number of aliphatic hydroxyl groups is 1. The molecule has 9 nitrogen and oxygen atoms in total. The van der Waals surface area contributed by atoms with E-state index in [1.54, 1.807) is 17.9 Å². The molecule has 230 valence electrons. The van der Waals surface area contributed by atoms with Crippen molar-refractivity contribution < 1.29 is 28.9 Å². The molecule has 0 aromatic heterocycles. The molecule has 3 saturated heterocycles. The Morgan fingerprint density at radius 3 is 2.49 bits per heavy atom. The molecule has 2 N–H and O–H groups in total. The first kappa shape index (κ1) is 31.7. The highest BCUT2D eigenvalue weighted by molar-refractivity contribution is 5.87. The number of hydrogen-bond donors (Lipinski definition) is 2. The third-order valence-electron chi connectivity index (χ3n) is 8.74. The molecule has 0 bridgehead atoms. The Morgan fingerprint density at radius 1 is 1.12 bits per heavy atom. The standard InChI is InChI=1S/C32H51N3O6/c1-24(6-13-28-21-32(23-39-32)22-31(3,4)41-28)5-8-26-9-11-27(12-10-26)33-29(37)14-7-25(2)40-30(38)35-17-15-34(16-18-35)19-20-36/h5-7,13-14,25-28,36H,8-12,15-23H2,1-4H3,(H,33,37)/b13-6+,14-7-,24-5+/t25-,26?,27?,28+,32+/m0/s1. The third kappa shape index (κ3) is 10.2.